The summed E-state index contributed by atoms with van der Waals surface area (Å²) >= 11 is 0. The quantitative estimate of drug-likeness (QED) is 0.404. The molecular weight excluding hydrogens is 413 g/mol. The molecule has 0 amide bonds. The number of halogens is 3. The van der Waals surface area contributed by atoms with Gasteiger partial charge in [-0.05, 0) is 30.7 Å². The highest BCUT2D eigenvalue weighted by molar-refractivity contribution is 5.65. The van der Waals surface area contributed by atoms with E-state index in [4.69, 9.17) is 0 Å². The Hall–Kier alpha value is -3.04. The number of nitrogens with zero attached hydrogens (tertiary/aromatic N) is 2. The van der Waals surface area contributed by atoms with E-state index in [-0.39, 0.29) is 23.5 Å². The van der Waals surface area contributed by atoms with Gasteiger partial charge in [0, 0.05) is 24.7 Å². The van der Waals surface area contributed by atoms with Crippen LogP contribution in [-0.2, 0) is 6.54 Å². The molecule has 1 saturated carbocycles. The fourth-order valence-corrected chi connectivity index (χ4v) is 3.68. The van der Waals surface area contributed by atoms with Crippen LogP contribution in [0.3, 0.4) is 0 Å². The lowest BCUT2D eigenvalue weighted by atomic mass is 9.83. The van der Waals surface area contributed by atoms with Crippen LogP contribution in [0.2, 0.25) is 0 Å². The van der Waals surface area contributed by atoms with Gasteiger partial charge in [-0.25, -0.2) is 4.98 Å². The molecule has 0 aliphatic heterocycles. The third-order valence-electron chi connectivity index (χ3n) is 5.45. The van der Waals surface area contributed by atoms with Crippen LogP contribution in [0.25, 0.3) is 0 Å². The average molecular weight is 438 g/mol. The normalized spacial score (nSPS) is 19.0. The molecule has 1 aromatic heterocycles. The van der Waals surface area contributed by atoms with Crippen LogP contribution < -0.4 is 15.4 Å². The van der Waals surface area contributed by atoms with Crippen LogP contribution in [0.5, 0.6) is 5.75 Å². The number of alkyl halides is 3. The highest BCUT2D eigenvalue weighted by Gasteiger charge is 2.32. The maximum Gasteiger partial charge on any atom is 0.573 e. The smallest absolute Gasteiger partial charge is 0.405 e. The molecule has 1 aliphatic rings. The molecule has 0 spiro atoms. The minimum absolute atomic E-state index is 0.0109. The lowest BCUT2D eigenvalue weighted by molar-refractivity contribution is -0.384. The Labute approximate surface area is 178 Å². The summed E-state index contributed by atoms with van der Waals surface area (Å²) in [6, 6.07) is 7.29. The number of anilines is 2. The van der Waals surface area contributed by atoms with Crippen molar-refractivity contribution in [1.82, 2.24) is 4.98 Å². The fraction of sp³-hybridized carbons (Fsp3) is 0.476. The highest BCUT2D eigenvalue weighted by Crippen LogP contribution is 2.31. The average Bonchev–Trinajstić information content (AvgIpc) is 2.71. The third kappa shape index (κ3) is 6.73. The first kappa shape index (κ1) is 22.6. The summed E-state index contributed by atoms with van der Waals surface area (Å²) in [5, 5.41) is 17.4. The van der Waals surface area contributed by atoms with Crippen LogP contribution in [0.15, 0.2) is 36.5 Å². The van der Waals surface area contributed by atoms with Gasteiger partial charge in [-0.1, -0.05) is 38.0 Å². The zero-order chi connectivity index (χ0) is 22.4. The first-order chi connectivity index (χ1) is 14.7. The summed E-state index contributed by atoms with van der Waals surface area (Å²) in [5.74, 6) is 1.17. The number of rotatable bonds is 8. The lowest BCUT2D eigenvalue weighted by Gasteiger charge is -2.26. The summed E-state index contributed by atoms with van der Waals surface area (Å²) in [6.07, 6.45) is 0.803. The maximum absolute atomic E-state index is 12.6. The van der Waals surface area contributed by atoms with Crippen molar-refractivity contribution in [3.05, 3.63) is 52.2 Å². The molecule has 0 saturated heterocycles. The second-order valence-electron chi connectivity index (χ2n) is 7.86. The van der Waals surface area contributed by atoms with Crippen LogP contribution in [0.1, 0.15) is 38.2 Å². The van der Waals surface area contributed by atoms with E-state index in [2.05, 4.69) is 27.3 Å². The van der Waals surface area contributed by atoms with Crippen LogP contribution in [-0.4, -0.2) is 22.8 Å². The van der Waals surface area contributed by atoms with Gasteiger partial charge in [-0.15, -0.1) is 13.2 Å². The van der Waals surface area contributed by atoms with Crippen LogP contribution in [0.4, 0.5) is 30.4 Å². The van der Waals surface area contributed by atoms with E-state index in [1.807, 2.05) is 0 Å². The fourth-order valence-electron chi connectivity index (χ4n) is 3.68. The molecule has 2 aromatic rings. The molecule has 1 aliphatic carbocycles. The number of hydrogen-bond donors (Lipinski definition) is 2. The molecule has 10 heteroatoms. The molecular formula is C21H25F3N4O3. The van der Waals surface area contributed by atoms with Gasteiger partial charge in [0.05, 0.1) is 4.92 Å². The number of hydrogen-bond acceptors (Lipinski definition) is 6. The van der Waals surface area contributed by atoms with Gasteiger partial charge in [-0.2, -0.15) is 0 Å². The monoisotopic (exact) mass is 438 g/mol. The largest absolute Gasteiger partial charge is 0.573 e. The number of pyridine rings is 1. The molecule has 0 unspecified atom stereocenters. The van der Waals surface area contributed by atoms with E-state index in [0.717, 1.165) is 31.9 Å². The summed E-state index contributed by atoms with van der Waals surface area (Å²) in [7, 11) is 0. The van der Waals surface area contributed by atoms with E-state index in [9.17, 15) is 23.3 Å². The number of nitrogens with one attached hydrogen (secondary N) is 2. The molecule has 168 valence electrons. The first-order valence-corrected chi connectivity index (χ1v) is 10.2. The Morgan fingerprint density at radius 1 is 1.19 bits per heavy atom. The van der Waals surface area contributed by atoms with Crippen molar-refractivity contribution in [2.75, 3.05) is 17.2 Å². The van der Waals surface area contributed by atoms with Gasteiger partial charge >= 0.3 is 12.0 Å². The van der Waals surface area contributed by atoms with Gasteiger partial charge in [-0.3, -0.25) is 10.1 Å². The molecule has 1 aromatic carbocycles. The van der Waals surface area contributed by atoms with E-state index in [1.54, 1.807) is 6.07 Å². The predicted molar refractivity (Wildman–Crippen MR) is 111 cm³/mol. The molecule has 3 rings (SSSR count). The SMILES string of the molecule is C[C@H]1CC[C@H](CNc2cc(NCc3ccccc3OC(F)(F)F)ncc2[N+](=O)[O-])CC1. The minimum Gasteiger partial charge on any atom is -0.405 e. The molecule has 31 heavy (non-hydrogen) atoms. The van der Waals surface area contributed by atoms with E-state index < -0.39 is 11.3 Å². The van der Waals surface area contributed by atoms with Crippen molar-refractivity contribution in [2.24, 2.45) is 11.8 Å². The van der Waals surface area contributed by atoms with Gasteiger partial charge in [0.2, 0.25) is 0 Å². The standard InChI is InChI=1S/C21H25F3N4O3/c1-14-6-8-15(9-7-14)11-25-17-10-20(27-13-18(17)28(29)30)26-12-16-4-2-3-5-19(16)31-21(22,23)24/h2-5,10,13-15H,6-9,11-12H2,1H3,(H2,25,26,27)/t14-,15-. The Balaban J connectivity index is 1.68. The second kappa shape index (κ2) is 9.84. The Morgan fingerprint density at radius 3 is 2.58 bits per heavy atom. The van der Waals surface area contributed by atoms with Crippen molar-refractivity contribution in [3.63, 3.8) is 0 Å². The molecule has 0 bridgehead atoms. The predicted octanol–water partition coefficient (Wildman–Crippen LogP) is 5.74. The van der Waals surface area contributed by atoms with Crippen molar-refractivity contribution < 1.29 is 22.8 Å². The minimum atomic E-state index is -4.80. The zero-order valence-electron chi connectivity index (χ0n) is 17.1. The summed E-state index contributed by atoms with van der Waals surface area (Å²) < 4.78 is 41.8. The number of benzene rings is 1. The van der Waals surface area contributed by atoms with Gasteiger partial charge in [0.25, 0.3) is 0 Å². The Bertz CT molecular complexity index is 900. The van der Waals surface area contributed by atoms with Gasteiger partial charge in [0.1, 0.15) is 23.5 Å². The number of para-hydroxylation sites is 1. The number of nitro groups is 1. The molecule has 0 atom stereocenters. The molecule has 2 N–H and O–H groups in total. The summed E-state index contributed by atoms with van der Waals surface area (Å²) in [6.45, 7) is 2.86. The first-order valence-electron chi connectivity index (χ1n) is 10.2. The van der Waals surface area contributed by atoms with Crippen molar-refractivity contribution in [2.45, 2.75) is 45.5 Å². The van der Waals surface area contributed by atoms with Gasteiger partial charge in [0.15, 0.2) is 0 Å². The lowest BCUT2D eigenvalue weighted by Crippen LogP contribution is -2.20. The Kier molecular flexibility index (Phi) is 7.19. The third-order valence-corrected chi connectivity index (χ3v) is 5.45. The van der Waals surface area contributed by atoms with E-state index in [1.165, 1.54) is 24.3 Å². The van der Waals surface area contributed by atoms with Crippen molar-refractivity contribution in [3.8, 4) is 5.75 Å². The van der Waals surface area contributed by atoms with Crippen molar-refractivity contribution >= 4 is 17.2 Å². The molecule has 7 nitrogen and oxygen atoms in total. The topological polar surface area (TPSA) is 89.3 Å². The Morgan fingerprint density at radius 2 is 1.90 bits per heavy atom. The zero-order valence-corrected chi connectivity index (χ0v) is 17.1. The van der Waals surface area contributed by atoms with Crippen LogP contribution >= 0.6 is 0 Å². The highest BCUT2D eigenvalue weighted by atomic mass is 19.4. The van der Waals surface area contributed by atoms with Crippen molar-refractivity contribution in [1.29, 1.82) is 0 Å². The molecule has 0 radical (unpaired) electrons. The second-order valence-corrected chi connectivity index (χ2v) is 7.86. The van der Waals surface area contributed by atoms with Crippen LogP contribution in [0, 0.1) is 22.0 Å². The van der Waals surface area contributed by atoms with Gasteiger partial charge < -0.3 is 15.4 Å². The molecule has 1 heterocycles. The number of ether oxygens (including phenoxy) is 1. The summed E-state index contributed by atoms with van der Waals surface area (Å²) in [4.78, 5) is 14.9. The maximum atomic E-state index is 12.6. The van der Waals surface area contributed by atoms with E-state index >= 15 is 0 Å². The summed E-state index contributed by atoms with van der Waals surface area (Å²) in [5.41, 5.74) is 0.474. The number of aromatic nitrogens is 1. The van der Waals surface area contributed by atoms with E-state index in [0.29, 0.717) is 29.9 Å². The molecule has 1 fully saturated rings.